The highest BCUT2D eigenvalue weighted by Gasteiger charge is 2.63. The number of nitrogens with two attached hydrogens (primary N) is 1. The Labute approximate surface area is 79.8 Å². The first-order valence-corrected chi connectivity index (χ1v) is 4.39. The van der Waals surface area contributed by atoms with E-state index >= 15 is 0 Å². The maximum absolute atomic E-state index is 12.4. The van der Waals surface area contributed by atoms with Crippen LogP contribution >= 0.6 is 0 Å². The molecule has 82 valence electrons. The Bertz CT molecular complexity index is 235. The molecule has 1 unspecified atom stereocenters. The van der Waals surface area contributed by atoms with Crippen LogP contribution in [-0.2, 0) is 4.79 Å². The van der Waals surface area contributed by atoms with Crippen LogP contribution in [0.1, 0.15) is 19.8 Å². The number of hydrogen-bond donors (Lipinski definition) is 2. The molecule has 0 bridgehead atoms. The Morgan fingerprint density at radius 2 is 2.07 bits per heavy atom. The summed E-state index contributed by atoms with van der Waals surface area (Å²) < 4.78 is 37.1. The van der Waals surface area contributed by atoms with E-state index in [-0.39, 0.29) is 19.4 Å². The van der Waals surface area contributed by atoms with Crippen LogP contribution in [0.5, 0.6) is 0 Å². The summed E-state index contributed by atoms with van der Waals surface area (Å²) in [6, 6.07) is 0. The number of rotatable bonds is 4. The molecule has 0 aliphatic heterocycles. The molecule has 0 aromatic heterocycles. The van der Waals surface area contributed by atoms with E-state index < -0.39 is 23.5 Å². The Morgan fingerprint density at radius 1 is 1.57 bits per heavy atom. The molecule has 0 heterocycles. The lowest BCUT2D eigenvalue weighted by molar-refractivity contribution is -0.166. The first-order valence-electron chi connectivity index (χ1n) is 4.39. The average molecular weight is 210 g/mol. The fourth-order valence-electron chi connectivity index (χ4n) is 1.13. The van der Waals surface area contributed by atoms with Crippen LogP contribution in [0.15, 0.2) is 0 Å². The minimum Gasteiger partial charge on any atom is -0.369 e. The van der Waals surface area contributed by atoms with Gasteiger partial charge in [-0.2, -0.15) is 13.2 Å². The van der Waals surface area contributed by atoms with Crippen LogP contribution in [0.2, 0.25) is 0 Å². The molecule has 0 aromatic carbocycles. The van der Waals surface area contributed by atoms with Crippen molar-refractivity contribution in [3.8, 4) is 0 Å². The van der Waals surface area contributed by atoms with Crippen molar-refractivity contribution in [3.63, 3.8) is 0 Å². The lowest BCUT2D eigenvalue weighted by Crippen LogP contribution is -2.47. The fourth-order valence-corrected chi connectivity index (χ4v) is 1.13. The summed E-state index contributed by atoms with van der Waals surface area (Å²) in [6.45, 7) is 1.48. The van der Waals surface area contributed by atoms with Gasteiger partial charge >= 0.3 is 6.18 Å². The van der Waals surface area contributed by atoms with Crippen molar-refractivity contribution in [2.24, 2.45) is 11.7 Å². The van der Waals surface area contributed by atoms with Gasteiger partial charge in [0.15, 0.2) is 0 Å². The second-order valence-corrected chi connectivity index (χ2v) is 3.76. The normalized spacial score (nSPS) is 21.7. The average Bonchev–Trinajstić information content (AvgIpc) is 2.78. The standard InChI is InChI=1S/C8H13F3N2O/c1-5(6(12)14)4-13-7(2-3-7)8(9,10)11/h5,13H,2-4H2,1H3,(H2,12,14). The van der Waals surface area contributed by atoms with E-state index in [1.165, 1.54) is 6.92 Å². The molecule has 1 rings (SSSR count). The molecule has 0 aromatic rings. The predicted octanol–water partition coefficient (Wildman–Crippen LogP) is 0.792. The molecule has 3 nitrogen and oxygen atoms in total. The van der Waals surface area contributed by atoms with Crippen molar-refractivity contribution in [1.29, 1.82) is 0 Å². The van der Waals surface area contributed by atoms with Crippen LogP contribution in [0.3, 0.4) is 0 Å². The minimum absolute atomic E-state index is 0.0190. The number of nitrogens with one attached hydrogen (secondary N) is 1. The molecule has 1 aliphatic rings. The summed E-state index contributed by atoms with van der Waals surface area (Å²) in [5.74, 6) is -1.16. The van der Waals surface area contributed by atoms with Crippen LogP contribution in [-0.4, -0.2) is 24.2 Å². The molecule has 1 fully saturated rings. The SMILES string of the molecule is CC(CNC1(C(F)(F)F)CC1)C(N)=O. The first-order chi connectivity index (χ1) is 6.28. The number of hydrogen-bond acceptors (Lipinski definition) is 2. The fraction of sp³-hybridized carbons (Fsp3) is 0.875. The third kappa shape index (κ3) is 2.17. The molecule has 14 heavy (non-hydrogen) atoms. The van der Waals surface area contributed by atoms with E-state index in [4.69, 9.17) is 5.73 Å². The Morgan fingerprint density at radius 3 is 2.36 bits per heavy atom. The van der Waals surface area contributed by atoms with Crippen molar-refractivity contribution in [2.75, 3.05) is 6.54 Å². The summed E-state index contributed by atoms with van der Waals surface area (Å²) in [7, 11) is 0. The quantitative estimate of drug-likeness (QED) is 0.720. The highest BCUT2D eigenvalue weighted by Crippen LogP contribution is 2.48. The second-order valence-electron chi connectivity index (χ2n) is 3.76. The molecule has 1 atom stereocenters. The lowest BCUT2D eigenvalue weighted by Gasteiger charge is -2.21. The first kappa shape index (κ1) is 11.3. The predicted molar refractivity (Wildman–Crippen MR) is 44.4 cm³/mol. The van der Waals surface area contributed by atoms with Gasteiger partial charge in [-0.05, 0) is 12.8 Å². The number of halogens is 3. The van der Waals surface area contributed by atoms with Gasteiger partial charge in [-0.15, -0.1) is 0 Å². The minimum atomic E-state index is -4.23. The Hall–Kier alpha value is -0.780. The summed E-state index contributed by atoms with van der Waals surface area (Å²) in [4.78, 5) is 10.6. The van der Waals surface area contributed by atoms with Gasteiger partial charge in [0, 0.05) is 12.5 Å². The van der Waals surface area contributed by atoms with Gasteiger partial charge in [0.2, 0.25) is 5.91 Å². The Kier molecular flexibility index (Phi) is 2.76. The number of carbonyl (C=O) groups is 1. The molecular formula is C8H13F3N2O. The van der Waals surface area contributed by atoms with E-state index in [2.05, 4.69) is 5.32 Å². The highest BCUT2D eigenvalue weighted by atomic mass is 19.4. The summed E-state index contributed by atoms with van der Waals surface area (Å²) in [5, 5.41) is 2.37. The maximum atomic E-state index is 12.4. The number of amides is 1. The number of alkyl halides is 3. The van der Waals surface area contributed by atoms with E-state index in [9.17, 15) is 18.0 Å². The van der Waals surface area contributed by atoms with Gasteiger partial charge in [0.25, 0.3) is 0 Å². The highest BCUT2D eigenvalue weighted by molar-refractivity contribution is 5.76. The lowest BCUT2D eigenvalue weighted by atomic mass is 10.1. The van der Waals surface area contributed by atoms with E-state index in [1.807, 2.05) is 0 Å². The van der Waals surface area contributed by atoms with Crippen molar-refractivity contribution in [1.82, 2.24) is 5.32 Å². The number of primary amides is 1. The molecule has 6 heteroatoms. The van der Waals surface area contributed by atoms with Gasteiger partial charge in [0.1, 0.15) is 5.54 Å². The molecule has 1 aliphatic carbocycles. The molecule has 0 saturated heterocycles. The van der Waals surface area contributed by atoms with Crippen molar-refractivity contribution < 1.29 is 18.0 Å². The van der Waals surface area contributed by atoms with Crippen molar-refractivity contribution in [3.05, 3.63) is 0 Å². The molecule has 0 radical (unpaired) electrons. The van der Waals surface area contributed by atoms with Gasteiger partial charge in [-0.3, -0.25) is 4.79 Å². The summed E-state index contributed by atoms with van der Waals surface area (Å²) in [6.07, 6.45) is -4.06. The monoisotopic (exact) mass is 210 g/mol. The van der Waals surface area contributed by atoms with Crippen molar-refractivity contribution >= 4 is 5.91 Å². The van der Waals surface area contributed by atoms with E-state index in [0.29, 0.717) is 0 Å². The van der Waals surface area contributed by atoms with E-state index in [1.54, 1.807) is 0 Å². The van der Waals surface area contributed by atoms with Gasteiger partial charge in [0.05, 0.1) is 0 Å². The van der Waals surface area contributed by atoms with Crippen LogP contribution in [0.4, 0.5) is 13.2 Å². The molecule has 1 saturated carbocycles. The zero-order chi connectivity index (χ0) is 11.0. The zero-order valence-corrected chi connectivity index (χ0v) is 7.82. The van der Waals surface area contributed by atoms with Crippen LogP contribution in [0.25, 0.3) is 0 Å². The topological polar surface area (TPSA) is 55.1 Å². The van der Waals surface area contributed by atoms with E-state index in [0.717, 1.165) is 0 Å². The van der Waals surface area contributed by atoms with Gasteiger partial charge in [-0.25, -0.2) is 0 Å². The van der Waals surface area contributed by atoms with Gasteiger partial charge < -0.3 is 11.1 Å². The Balaban J connectivity index is 2.42. The van der Waals surface area contributed by atoms with Gasteiger partial charge in [-0.1, -0.05) is 6.92 Å². The molecule has 1 amide bonds. The maximum Gasteiger partial charge on any atom is 0.406 e. The molecule has 0 spiro atoms. The van der Waals surface area contributed by atoms with Crippen molar-refractivity contribution in [2.45, 2.75) is 31.5 Å². The second kappa shape index (κ2) is 3.42. The number of carbonyl (C=O) groups excluding carboxylic acids is 1. The summed E-state index contributed by atoms with van der Waals surface area (Å²) >= 11 is 0. The molecular weight excluding hydrogens is 197 g/mol. The smallest absolute Gasteiger partial charge is 0.369 e. The largest absolute Gasteiger partial charge is 0.406 e. The third-order valence-corrected chi connectivity index (χ3v) is 2.52. The zero-order valence-electron chi connectivity index (χ0n) is 7.82. The third-order valence-electron chi connectivity index (χ3n) is 2.52. The van der Waals surface area contributed by atoms with Crippen LogP contribution in [0, 0.1) is 5.92 Å². The molecule has 3 N–H and O–H groups in total. The van der Waals surface area contributed by atoms with Crippen LogP contribution < -0.4 is 11.1 Å². The summed E-state index contributed by atoms with van der Waals surface area (Å²) in [5.41, 5.74) is 3.18.